The molecule has 1 atom stereocenters. The summed E-state index contributed by atoms with van der Waals surface area (Å²) in [4.78, 5) is 12.9. The number of thioether (sulfide) groups is 1. The molecule has 0 bridgehead atoms. The number of carboxylic acid groups (broad SMARTS) is 1. The van der Waals surface area contributed by atoms with E-state index in [9.17, 15) is 9.90 Å². The molecule has 1 aromatic carbocycles. The van der Waals surface area contributed by atoms with Crippen molar-refractivity contribution in [2.45, 2.75) is 43.2 Å². The maximum atomic E-state index is 11.9. The molecule has 0 aromatic heterocycles. The maximum Gasteiger partial charge on any atom is 0.325 e. The van der Waals surface area contributed by atoms with E-state index in [1.807, 2.05) is 38.1 Å². The average molecular weight is 309 g/mol. The molecule has 1 aliphatic rings. The molecule has 5 heteroatoms. The van der Waals surface area contributed by atoms with Crippen LogP contribution in [0.1, 0.15) is 26.7 Å². The Kier molecular flexibility index (Phi) is 5.17. The van der Waals surface area contributed by atoms with Gasteiger partial charge in [-0.2, -0.15) is 0 Å². The number of methoxy groups -OCH3 is 1. The van der Waals surface area contributed by atoms with Gasteiger partial charge in [-0.25, -0.2) is 0 Å². The van der Waals surface area contributed by atoms with Crippen molar-refractivity contribution in [2.75, 3.05) is 12.9 Å². The lowest BCUT2D eigenvalue weighted by atomic mass is 9.94. The quantitative estimate of drug-likeness (QED) is 0.723. The zero-order chi connectivity index (χ0) is 15.5. The molecule has 4 nitrogen and oxygen atoms in total. The first kappa shape index (κ1) is 16.2. The largest absolute Gasteiger partial charge is 0.497 e. The van der Waals surface area contributed by atoms with E-state index >= 15 is 0 Å². The fourth-order valence-electron chi connectivity index (χ4n) is 2.55. The first-order valence-corrected chi connectivity index (χ1v) is 8.24. The van der Waals surface area contributed by atoms with Gasteiger partial charge >= 0.3 is 5.97 Å². The molecule has 1 aromatic rings. The number of nitrogens with one attached hydrogen (secondary N) is 1. The van der Waals surface area contributed by atoms with Crippen molar-refractivity contribution in [2.24, 2.45) is 5.92 Å². The molecule has 0 radical (unpaired) electrons. The Morgan fingerprint density at radius 2 is 2.24 bits per heavy atom. The van der Waals surface area contributed by atoms with Crippen molar-refractivity contribution in [3.8, 4) is 5.75 Å². The fraction of sp³-hybridized carbons (Fsp3) is 0.562. The summed E-state index contributed by atoms with van der Waals surface area (Å²) >= 11 is 1.57. The molecule has 0 saturated heterocycles. The highest BCUT2D eigenvalue weighted by Gasteiger charge is 2.51. The molecule has 2 rings (SSSR count). The van der Waals surface area contributed by atoms with Crippen molar-refractivity contribution >= 4 is 17.7 Å². The smallest absolute Gasteiger partial charge is 0.325 e. The summed E-state index contributed by atoms with van der Waals surface area (Å²) < 4.78 is 5.21. The van der Waals surface area contributed by atoms with Crippen LogP contribution < -0.4 is 10.1 Å². The third-order valence-corrected chi connectivity index (χ3v) is 4.90. The van der Waals surface area contributed by atoms with E-state index in [2.05, 4.69) is 5.32 Å². The van der Waals surface area contributed by atoms with Gasteiger partial charge < -0.3 is 9.84 Å². The summed E-state index contributed by atoms with van der Waals surface area (Å²) in [5, 5.41) is 13.1. The SMILES string of the molecule is COc1cccc(SCC(NC(C)C)(C(=O)O)C2CC2)c1. The summed E-state index contributed by atoms with van der Waals surface area (Å²) in [5.74, 6) is 0.812. The van der Waals surface area contributed by atoms with E-state index in [-0.39, 0.29) is 12.0 Å². The van der Waals surface area contributed by atoms with E-state index < -0.39 is 11.5 Å². The lowest BCUT2D eigenvalue weighted by Crippen LogP contribution is -2.58. The minimum Gasteiger partial charge on any atom is -0.497 e. The van der Waals surface area contributed by atoms with Crippen LogP contribution in [-0.2, 0) is 4.79 Å². The Balaban J connectivity index is 2.13. The first-order chi connectivity index (χ1) is 9.98. The van der Waals surface area contributed by atoms with Gasteiger partial charge in [0.05, 0.1) is 7.11 Å². The standard InChI is InChI=1S/C16H23NO3S/c1-11(2)17-16(15(18)19,12-7-8-12)10-21-14-6-4-5-13(9-14)20-3/h4-6,9,11-12,17H,7-8,10H2,1-3H3,(H,18,19). The van der Waals surface area contributed by atoms with Crippen LogP contribution in [0.4, 0.5) is 0 Å². The van der Waals surface area contributed by atoms with Crippen LogP contribution in [0.3, 0.4) is 0 Å². The van der Waals surface area contributed by atoms with Crippen LogP contribution in [0.2, 0.25) is 0 Å². The van der Waals surface area contributed by atoms with Gasteiger partial charge in [0.2, 0.25) is 0 Å². The van der Waals surface area contributed by atoms with Gasteiger partial charge in [0.25, 0.3) is 0 Å². The summed E-state index contributed by atoms with van der Waals surface area (Å²) in [7, 11) is 1.63. The summed E-state index contributed by atoms with van der Waals surface area (Å²) in [6, 6.07) is 7.90. The number of carbonyl (C=O) groups is 1. The molecule has 0 amide bonds. The summed E-state index contributed by atoms with van der Waals surface area (Å²) in [6.07, 6.45) is 1.98. The highest BCUT2D eigenvalue weighted by molar-refractivity contribution is 7.99. The maximum absolute atomic E-state index is 11.9. The minimum absolute atomic E-state index is 0.146. The van der Waals surface area contributed by atoms with Gasteiger partial charge in [-0.05, 0) is 50.8 Å². The molecule has 116 valence electrons. The molecule has 1 fully saturated rings. The Morgan fingerprint density at radius 3 is 2.76 bits per heavy atom. The van der Waals surface area contributed by atoms with Gasteiger partial charge in [-0.1, -0.05) is 6.07 Å². The molecule has 1 unspecified atom stereocenters. The van der Waals surface area contributed by atoms with Crippen LogP contribution in [0.5, 0.6) is 5.75 Å². The molecule has 1 saturated carbocycles. The van der Waals surface area contributed by atoms with Crippen LogP contribution in [0.15, 0.2) is 29.2 Å². The topological polar surface area (TPSA) is 58.6 Å². The number of benzene rings is 1. The monoisotopic (exact) mass is 309 g/mol. The van der Waals surface area contributed by atoms with E-state index in [4.69, 9.17) is 4.74 Å². The molecule has 21 heavy (non-hydrogen) atoms. The number of ether oxygens (including phenoxy) is 1. The summed E-state index contributed by atoms with van der Waals surface area (Å²) in [5.41, 5.74) is -0.831. The number of hydrogen-bond acceptors (Lipinski definition) is 4. The number of rotatable bonds is 8. The molecular formula is C16H23NO3S. The third kappa shape index (κ3) is 3.92. The predicted octanol–water partition coefficient (Wildman–Crippen LogP) is 3.02. The number of aliphatic carboxylic acids is 1. The number of hydrogen-bond donors (Lipinski definition) is 2. The van der Waals surface area contributed by atoms with Crippen molar-refractivity contribution in [3.63, 3.8) is 0 Å². The van der Waals surface area contributed by atoms with Crippen molar-refractivity contribution in [1.82, 2.24) is 5.32 Å². The van der Waals surface area contributed by atoms with Gasteiger partial charge in [0.15, 0.2) is 0 Å². The highest BCUT2D eigenvalue weighted by Crippen LogP contribution is 2.43. The Morgan fingerprint density at radius 1 is 1.52 bits per heavy atom. The highest BCUT2D eigenvalue weighted by atomic mass is 32.2. The van der Waals surface area contributed by atoms with Crippen LogP contribution in [0, 0.1) is 5.92 Å². The zero-order valence-corrected chi connectivity index (χ0v) is 13.6. The van der Waals surface area contributed by atoms with E-state index in [1.54, 1.807) is 18.9 Å². The fourth-order valence-corrected chi connectivity index (χ4v) is 3.77. The van der Waals surface area contributed by atoms with Crippen LogP contribution >= 0.6 is 11.8 Å². The molecule has 0 aliphatic heterocycles. The van der Waals surface area contributed by atoms with Gasteiger partial charge in [0.1, 0.15) is 11.3 Å². The molecule has 0 heterocycles. The second-order valence-corrected chi connectivity index (χ2v) is 6.87. The van der Waals surface area contributed by atoms with E-state index in [0.29, 0.717) is 5.75 Å². The lowest BCUT2D eigenvalue weighted by molar-refractivity contribution is -0.145. The second-order valence-electron chi connectivity index (χ2n) is 5.82. The van der Waals surface area contributed by atoms with Gasteiger partial charge in [0, 0.05) is 16.7 Å². The van der Waals surface area contributed by atoms with Crippen molar-refractivity contribution in [3.05, 3.63) is 24.3 Å². The summed E-state index contributed by atoms with van der Waals surface area (Å²) in [6.45, 7) is 3.99. The normalized spacial score (nSPS) is 17.5. The Hall–Kier alpha value is -1.20. The average Bonchev–Trinajstić information content (AvgIpc) is 3.28. The Bertz CT molecular complexity index is 502. The van der Waals surface area contributed by atoms with Gasteiger partial charge in [-0.3, -0.25) is 10.1 Å². The first-order valence-electron chi connectivity index (χ1n) is 7.26. The van der Waals surface area contributed by atoms with Crippen molar-refractivity contribution in [1.29, 1.82) is 0 Å². The van der Waals surface area contributed by atoms with Crippen LogP contribution in [-0.4, -0.2) is 35.5 Å². The van der Waals surface area contributed by atoms with Gasteiger partial charge in [-0.15, -0.1) is 11.8 Å². The van der Waals surface area contributed by atoms with Crippen molar-refractivity contribution < 1.29 is 14.6 Å². The molecule has 1 aliphatic carbocycles. The zero-order valence-electron chi connectivity index (χ0n) is 12.8. The molecular weight excluding hydrogens is 286 g/mol. The van der Waals surface area contributed by atoms with E-state index in [0.717, 1.165) is 23.5 Å². The predicted molar refractivity (Wildman–Crippen MR) is 85.1 cm³/mol. The molecule has 0 spiro atoms. The molecule has 2 N–H and O–H groups in total. The van der Waals surface area contributed by atoms with Crippen LogP contribution in [0.25, 0.3) is 0 Å². The third-order valence-electron chi connectivity index (χ3n) is 3.71. The minimum atomic E-state index is -0.831. The number of carboxylic acids is 1. The Labute approximate surface area is 130 Å². The second kappa shape index (κ2) is 6.71. The lowest BCUT2D eigenvalue weighted by Gasteiger charge is -2.32. The van der Waals surface area contributed by atoms with E-state index in [1.165, 1.54) is 0 Å².